The van der Waals surface area contributed by atoms with Gasteiger partial charge < -0.3 is 0 Å². The van der Waals surface area contributed by atoms with Crippen LogP contribution in [-0.2, 0) is 6.42 Å². The fourth-order valence-electron chi connectivity index (χ4n) is 1.32. The van der Waals surface area contributed by atoms with E-state index in [2.05, 4.69) is 0 Å². The van der Waals surface area contributed by atoms with Gasteiger partial charge in [0.15, 0.2) is 0 Å². The first kappa shape index (κ1) is 11.0. The topological polar surface area (TPSA) is 23.8 Å². The Labute approximate surface area is 88.1 Å². The monoisotopic (exact) mass is 211 g/mol. The van der Waals surface area contributed by atoms with Crippen LogP contribution in [0.3, 0.4) is 0 Å². The second kappa shape index (κ2) is 4.43. The van der Waals surface area contributed by atoms with Crippen molar-refractivity contribution in [3.05, 3.63) is 34.1 Å². The zero-order valence-electron chi connectivity index (χ0n) is 8.14. The van der Waals surface area contributed by atoms with Crippen LogP contribution in [0.5, 0.6) is 0 Å². The van der Waals surface area contributed by atoms with Crippen LogP contribution in [0.4, 0.5) is 4.39 Å². The summed E-state index contributed by atoms with van der Waals surface area (Å²) in [5.74, 6) is -0.0888. The fraction of sp³-hybridized carbons (Fsp3) is 0.364. The summed E-state index contributed by atoms with van der Waals surface area (Å²) in [7, 11) is 0. The van der Waals surface area contributed by atoms with Crippen LogP contribution >= 0.6 is 11.6 Å². The molecule has 3 heteroatoms. The van der Waals surface area contributed by atoms with Crippen molar-refractivity contribution in [2.45, 2.75) is 20.3 Å². The van der Waals surface area contributed by atoms with Gasteiger partial charge in [0.1, 0.15) is 17.4 Å². The molecule has 14 heavy (non-hydrogen) atoms. The Kier molecular flexibility index (Phi) is 3.49. The summed E-state index contributed by atoms with van der Waals surface area (Å²) in [5.41, 5.74) is 0.765. The number of benzene rings is 1. The van der Waals surface area contributed by atoms with Gasteiger partial charge in [-0.15, -0.1) is 0 Å². The van der Waals surface area contributed by atoms with Crippen molar-refractivity contribution < 1.29 is 4.39 Å². The minimum atomic E-state index is -0.532. The van der Waals surface area contributed by atoms with Gasteiger partial charge in [0, 0.05) is 0 Å². The molecule has 0 aromatic heterocycles. The SMILES string of the molecule is CC(C)Cc1cc(F)c(C#N)c(Cl)c1. The van der Waals surface area contributed by atoms with Crippen LogP contribution in [0.1, 0.15) is 25.0 Å². The summed E-state index contributed by atoms with van der Waals surface area (Å²) >= 11 is 5.76. The van der Waals surface area contributed by atoms with E-state index in [4.69, 9.17) is 16.9 Å². The number of rotatable bonds is 2. The molecule has 0 atom stereocenters. The molecule has 0 bridgehead atoms. The van der Waals surface area contributed by atoms with E-state index >= 15 is 0 Å². The minimum absolute atomic E-state index is 0.0702. The maximum atomic E-state index is 13.3. The Morgan fingerprint density at radius 2 is 2.14 bits per heavy atom. The number of halogens is 2. The lowest BCUT2D eigenvalue weighted by Crippen LogP contribution is -1.96. The van der Waals surface area contributed by atoms with Crippen LogP contribution in [0.15, 0.2) is 12.1 Å². The van der Waals surface area contributed by atoms with Gasteiger partial charge in [0.2, 0.25) is 0 Å². The molecule has 0 N–H and O–H groups in total. The maximum absolute atomic E-state index is 13.3. The number of nitrogens with zero attached hydrogens (tertiary/aromatic N) is 1. The number of hydrogen-bond acceptors (Lipinski definition) is 1. The molecule has 0 spiro atoms. The quantitative estimate of drug-likeness (QED) is 0.734. The van der Waals surface area contributed by atoms with Gasteiger partial charge in [-0.25, -0.2) is 4.39 Å². The average molecular weight is 212 g/mol. The molecule has 0 saturated carbocycles. The largest absolute Gasteiger partial charge is 0.205 e. The molecule has 0 aliphatic rings. The van der Waals surface area contributed by atoms with E-state index in [-0.39, 0.29) is 10.6 Å². The van der Waals surface area contributed by atoms with Crippen molar-refractivity contribution in [3.8, 4) is 6.07 Å². The zero-order valence-corrected chi connectivity index (χ0v) is 8.90. The molecular formula is C11H11ClFN. The molecule has 0 unspecified atom stereocenters. The van der Waals surface area contributed by atoms with E-state index in [1.807, 2.05) is 13.8 Å². The highest BCUT2D eigenvalue weighted by molar-refractivity contribution is 6.31. The Bertz CT molecular complexity index is 356. The lowest BCUT2D eigenvalue weighted by molar-refractivity contribution is 0.610. The van der Waals surface area contributed by atoms with Crippen molar-refractivity contribution in [1.82, 2.24) is 0 Å². The molecule has 0 aliphatic heterocycles. The van der Waals surface area contributed by atoms with Gasteiger partial charge in [0.25, 0.3) is 0 Å². The Balaban J connectivity index is 3.09. The summed E-state index contributed by atoms with van der Waals surface area (Å²) in [6.07, 6.45) is 0.766. The van der Waals surface area contributed by atoms with Crippen molar-refractivity contribution >= 4 is 11.6 Å². The van der Waals surface area contributed by atoms with Crippen LogP contribution in [0.2, 0.25) is 5.02 Å². The number of nitriles is 1. The molecule has 0 saturated heterocycles. The van der Waals surface area contributed by atoms with E-state index in [0.29, 0.717) is 5.92 Å². The van der Waals surface area contributed by atoms with E-state index in [1.54, 1.807) is 12.1 Å². The molecule has 1 nitrogen and oxygen atoms in total. The molecule has 1 aromatic rings. The molecule has 0 radical (unpaired) electrons. The standard InChI is InChI=1S/C11H11ClFN/c1-7(2)3-8-4-10(12)9(6-14)11(13)5-8/h4-5,7H,3H2,1-2H3. The van der Waals surface area contributed by atoms with Gasteiger partial charge in [-0.05, 0) is 30.0 Å². The van der Waals surface area contributed by atoms with Gasteiger partial charge in [-0.1, -0.05) is 25.4 Å². The minimum Gasteiger partial charge on any atom is -0.205 e. The van der Waals surface area contributed by atoms with Gasteiger partial charge in [-0.3, -0.25) is 0 Å². The van der Waals surface area contributed by atoms with Crippen molar-refractivity contribution in [3.63, 3.8) is 0 Å². The van der Waals surface area contributed by atoms with Crippen LogP contribution in [0, 0.1) is 23.1 Å². The fourth-order valence-corrected chi connectivity index (χ4v) is 1.59. The van der Waals surface area contributed by atoms with Crippen LogP contribution in [0.25, 0.3) is 0 Å². The summed E-state index contributed by atoms with van der Waals surface area (Å²) in [4.78, 5) is 0. The first-order valence-corrected chi connectivity index (χ1v) is 4.80. The molecule has 74 valence electrons. The third-order valence-electron chi connectivity index (χ3n) is 1.86. The molecule has 1 rings (SSSR count). The second-order valence-electron chi connectivity index (χ2n) is 3.64. The molecule has 0 amide bonds. The first-order chi connectivity index (χ1) is 6.54. The smallest absolute Gasteiger partial charge is 0.142 e. The lowest BCUT2D eigenvalue weighted by atomic mass is 10.0. The van der Waals surface area contributed by atoms with Crippen LogP contribution < -0.4 is 0 Å². The van der Waals surface area contributed by atoms with Gasteiger partial charge in [-0.2, -0.15) is 5.26 Å². The van der Waals surface area contributed by atoms with Gasteiger partial charge >= 0.3 is 0 Å². The highest BCUT2D eigenvalue weighted by Crippen LogP contribution is 2.22. The number of hydrogen-bond donors (Lipinski definition) is 0. The zero-order chi connectivity index (χ0) is 10.7. The molecule has 1 aromatic carbocycles. The third kappa shape index (κ3) is 2.46. The van der Waals surface area contributed by atoms with E-state index in [9.17, 15) is 4.39 Å². The summed E-state index contributed by atoms with van der Waals surface area (Å²) in [6.45, 7) is 4.09. The van der Waals surface area contributed by atoms with E-state index in [0.717, 1.165) is 12.0 Å². The highest BCUT2D eigenvalue weighted by Gasteiger charge is 2.09. The Morgan fingerprint density at radius 1 is 1.50 bits per heavy atom. The van der Waals surface area contributed by atoms with Crippen molar-refractivity contribution in [1.29, 1.82) is 5.26 Å². The first-order valence-electron chi connectivity index (χ1n) is 4.42. The third-order valence-corrected chi connectivity index (χ3v) is 2.16. The summed E-state index contributed by atoms with van der Waals surface area (Å²) < 4.78 is 13.3. The normalized spacial score (nSPS) is 10.3. The Hall–Kier alpha value is -1.07. The molecular weight excluding hydrogens is 201 g/mol. The molecule has 0 fully saturated rings. The Morgan fingerprint density at radius 3 is 2.57 bits per heavy atom. The highest BCUT2D eigenvalue weighted by atomic mass is 35.5. The van der Waals surface area contributed by atoms with Crippen LogP contribution in [-0.4, -0.2) is 0 Å². The molecule has 0 aliphatic carbocycles. The lowest BCUT2D eigenvalue weighted by Gasteiger charge is -2.06. The predicted molar refractivity (Wildman–Crippen MR) is 54.7 cm³/mol. The predicted octanol–water partition coefficient (Wildman–Crippen LogP) is 3.55. The van der Waals surface area contributed by atoms with Crippen molar-refractivity contribution in [2.75, 3.05) is 0 Å². The second-order valence-corrected chi connectivity index (χ2v) is 4.05. The maximum Gasteiger partial charge on any atom is 0.142 e. The van der Waals surface area contributed by atoms with Crippen molar-refractivity contribution in [2.24, 2.45) is 5.92 Å². The summed E-state index contributed by atoms with van der Waals surface area (Å²) in [6, 6.07) is 4.77. The summed E-state index contributed by atoms with van der Waals surface area (Å²) in [5, 5.41) is 8.79. The average Bonchev–Trinajstić information content (AvgIpc) is 2.01. The van der Waals surface area contributed by atoms with Gasteiger partial charge in [0.05, 0.1) is 5.02 Å². The molecule has 0 heterocycles. The van der Waals surface area contributed by atoms with E-state index in [1.165, 1.54) is 6.07 Å². The van der Waals surface area contributed by atoms with E-state index < -0.39 is 5.82 Å².